The second-order valence-corrected chi connectivity index (χ2v) is 12.5. The number of fused-ring (bicyclic) bond motifs is 3. The first-order chi connectivity index (χ1) is 17.8. The van der Waals surface area contributed by atoms with Crippen molar-refractivity contribution < 1.29 is 23.5 Å². The Bertz CT molecular complexity index is 1170. The molecule has 6 atom stereocenters. The number of nitriles is 1. The highest BCUT2D eigenvalue weighted by atomic mass is 19.1. The van der Waals surface area contributed by atoms with Crippen molar-refractivity contribution in [3.05, 3.63) is 35.6 Å². The molecular weight excluding hydrogens is 489 g/mol. The first-order valence-electron chi connectivity index (χ1n) is 13.3. The van der Waals surface area contributed by atoms with Crippen LogP contribution in [0.25, 0.3) is 0 Å². The molecular formula is C28H36FN5O4. The van der Waals surface area contributed by atoms with Crippen LogP contribution in [0, 0.1) is 23.1 Å². The quantitative estimate of drug-likeness (QED) is 0.612. The van der Waals surface area contributed by atoms with E-state index in [-0.39, 0.29) is 36.3 Å². The molecule has 5 rings (SSSR count). The van der Waals surface area contributed by atoms with Gasteiger partial charge in [-0.15, -0.1) is 0 Å². The summed E-state index contributed by atoms with van der Waals surface area (Å²) in [5, 5.41) is 12.4. The lowest BCUT2D eigenvalue weighted by molar-refractivity contribution is -0.144. The number of piperazine rings is 1. The van der Waals surface area contributed by atoms with Gasteiger partial charge in [0, 0.05) is 25.2 Å². The first-order valence-corrected chi connectivity index (χ1v) is 13.3. The van der Waals surface area contributed by atoms with Gasteiger partial charge in [0.05, 0.1) is 17.6 Å². The molecule has 0 spiro atoms. The Kier molecular flexibility index (Phi) is 6.41. The Morgan fingerprint density at radius 2 is 1.84 bits per heavy atom. The van der Waals surface area contributed by atoms with Gasteiger partial charge in [-0.2, -0.15) is 5.26 Å². The number of ether oxygens (including phenoxy) is 1. The maximum absolute atomic E-state index is 13.7. The zero-order chi connectivity index (χ0) is 27.6. The van der Waals surface area contributed by atoms with Crippen molar-refractivity contribution in [2.45, 2.75) is 95.2 Å². The molecule has 4 fully saturated rings. The fourth-order valence-electron chi connectivity index (χ4n) is 6.53. The fraction of sp³-hybridized carbons (Fsp3) is 0.643. The van der Waals surface area contributed by atoms with Crippen molar-refractivity contribution in [2.24, 2.45) is 5.92 Å². The molecule has 0 radical (unpaired) electrons. The highest BCUT2D eigenvalue weighted by Gasteiger charge is 2.57. The van der Waals surface area contributed by atoms with E-state index in [1.807, 2.05) is 23.6 Å². The number of hydrogen-bond acceptors (Lipinski definition) is 6. The smallest absolute Gasteiger partial charge is 0.408 e. The summed E-state index contributed by atoms with van der Waals surface area (Å²) in [4.78, 5) is 45.5. The second kappa shape index (κ2) is 9.23. The number of nitrogens with zero attached hydrogens (tertiary/aromatic N) is 4. The number of rotatable bonds is 6. The minimum absolute atomic E-state index is 0.0405. The van der Waals surface area contributed by atoms with E-state index in [1.54, 1.807) is 37.8 Å². The van der Waals surface area contributed by atoms with E-state index in [9.17, 15) is 24.0 Å². The number of benzene rings is 1. The molecule has 10 heteroatoms. The van der Waals surface area contributed by atoms with Crippen LogP contribution >= 0.6 is 0 Å². The molecule has 204 valence electrons. The van der Waals surface area contributed by atoms with Crippen LogP contribution in [0.1, 0.15) is 59.4 Å². The molecule has 0 aromatic heterocycles. The molecule has 3 amide bonds. The zero-order valence-electron chi connectivity index (χ0n) is 22.6. The summed E-state index contributed by atoms with van der Waals surface area (Å²) in [5.41, 5.74) is -0.518. The van der Waals surface area contributed by atoms with Gasteiger partial charge in [-0.25, -0.2) is 9.18 Å². The van der Waals surface area contributed by atoms with Gasteiger partial charge in [0.1, 0.15) is 23.5 Å². The lowest BCUT2D eigenvalue weighted by atomic mass is 9.91. The number of halogens is 1. The van der Waals surface area contributed by atoms with E-state index in [0.29, 0.717) is 25.3 Å². The molecule has 2 bridgehead atoms. The van der Waals surface area contributed by atoms with E-state index < -0.39 is 35.4 Å². The summed E-state index contributed by atoms with van der Waals surface area (Å²) in [7, 11) is 0. The number of piperidine rings is 1. The summed E-state index contributed by atoms with van der Waals surface area (Å²) >= 11 is 0. The number of carbonyl (C=O) groups is 3. The zero-order valence-corrected chi connectivity index (χ0v) is 22.6. The predicted octanol–water partition coefficient (Wildman–Crippen LogP) is 2.75. The number of nitrogens with one attached hydrogen (secondary N) is 1. The van der Waals surface area contributed by atoms with E-state index >= 15 is 0 Å². The third kappa shape index (κ3) is 4.73. The molecule has 4 aliphatic rings. The summed E-state index contributed by atoms with van der Waals surface area (Å²) < 4.78 is 18.9. The van der Waals surface area contributed by atoms with Crippen molar-refractivity contribution in [2.75, 3.05) is 13.1 Å². The molecule has 1 aromatic rings. The number of alkyl carbamates (subject to hydrolysis) is 1. The van der Waals surface area contributed by atoms with Gasteiger partial charge in [-0.05, 0) is 77.5 Å². The summed E-state index contributed by atoms with van der Waals surface area (Å²) in [6.45, 7) is 9.87. The van der Waals surface area contributed by atoms with Gasteiger partial charge in [-0.3, -0.25) is 14.5 Å². The summed E-state index contributed by atoms with van der Waals surface area (Å²) in [6, 6.07) is 6.55. The maximum Gasteiger partial charge on any atom is 0.408 e. The minimum atomic E-state index is -0.939. The van der Waals surface area contributed by atoms with Gasteiger partial charge in [0.15, 0.2) is 0 Å². The molecule has 9 nitrogen and oxygen atoms in total. The molecule has 1 aromatic carbocycles. The Hall–Kier alpha value is -3.19. The van der Waals surface area contributed by atoms with Crippen molar-refractivity contribution in [1.82, 2.24) is 20.0 Å². The fourth-order valence-corrected chi connectivity index (χ4v) is 6.53. The molecule has 38 heavy (non-hydrogen) atoms. The maximum atomic E-state index is 13.7. The highest BCUT2D eigenvalue weighted by Crippen LogP contribution is 2.48. The second-order valence-electron chi connectivity index (χ2n) is 12.5. The van der Waals surface area contributed by atoms with Crippen LogP contribution in [-0.4, -0.2) is 81.5 Å². The molecule has 1 saturated carbocycles. The van der Waals surface area contributed by atoms with Gasteiger partial charge in [0.2, 0.25) is 11.8 Å². The molecule has 3 aliphatic heterocycles. The van der Waals surface area contributed by atoms with Gasteiger partial charge < -0.3 is 19.9 Å². The van der Waals surface area contributed by atoms with Crippen molar-refractivity contribution in [3.63, 3.8) is 0 Å². The lowest BCUT2D eigenvalue weighted by Crippen LogP contribution is -2.61. The largest absolute Gasteiger partial charge is 0.444 e. The number of amides is 3. The van der Waals surface area contributed by atoms with Crippen LogP contribution in [0.15, 0.2) is 24.3 Å². The Morgan fingerprint density at radius 3 is 2.45 bits per heavy atom. The highest BCUT2D eigenvalue weighted by molar-refractivity contribution is 5.89. The van der Waals surface area contributed by atoms with Crippen LogP contribution in [-0.2, 0) is 19.9 Å². The normalized spacial score (nSPS) is 29.2. The van der Waals surface area contributed by atoms with Crippen molar-refractivity contribution >= 4 is 17.9 Å². The van der Waals surface area contributed by atoms with Crippen LogP contribution < -0.4 is 5.32 Å². The van der Waals surface area contributed by atoms with E-state index in [2.05, 4.69) is 11.4 Å². The number of carbonyl (C=O) groups excluding carboxylic acids is 3. The van der Waals surface area contributed by atoms with Crippen molar-refractivity contribution in [1.29, 1.82) is 5.26 Å². The average Bonchev–Trinajstić information content (AvgIpc) is 3.15. The minimum Gasteiger partial charge on any atom is -0.444 e. The van der Waals surface area contributed by atoms with Crippen LogP contribution in [0.4, 0.5) is 9.18 Å². The van der Waals surface area contributed by atoms with E-state index in [0.717, 1.165) is 12.0 Å². The topological polar surface area (TPSA) is 106 Å². The van der Waals surface area contributed by atoms with Crippen molar-refractivity contribution in [3.8, 4) is 6.07 Å². The molecule has 1 unspecified atom stereocenters. The SMILES string of the molecule is CC(C)(C)OC(=O)N[C@@H](CN1C[C@@H]2C[C@H]1C(=O)N2C(C)(C)c1ccc(F)cc1)C(=O)N1[C@H](C#N)CC2C[C@@H]21. The van der Waals surface area contributed by atoms with Crippen LogP contribution in [0.5, 0.6) is 0 Å². The van der Waals surface area contributed by atoms with Crippen LogP contribution in [0.3, 0.4) is 0 Å². The molecule has 1 aliphatic carbocycles. The molecule has 1 N–H and O–H groups in total. The van der Waals surface area contributed by atoms with Crippen LogP contribution in [0.2, 0.25) is 0 Å². The lowest BCUT2D eigenvalue weighted by Gasteiger charge is -2.44. The third-order valence-electron chi connectivity index (χ3n) is 8.34. The Balaban J connectivity index is 1.33. The monoisotopic (exact) mass is 525 g/mol. The Labute approximate surface area is 222 Å². The van der Waals surface area contributed by atoms with E-state index in [4.69, 9.17) is 4.74 Å². The number of hydrogen-bond donors (Lipinski definition) is 1. The average molecular weight is 526 g/mol. The first kappa shape index (κ1) is 26.4. The standard InChI is InChI=1S/C28H36FN5O4/c1-27(2,3)38-26(37)31-21(24(35)33-19(13-30)10-16-11-22(16)33)15-32-14-20-12-23(32)25(36)34(20)28(4,5)17-6-8-18(29)9-7-17/h6-9,16,19-23H,10-12,14-15H2,1-5H3,(H,31,37)/t16?,19-,20-,21-,22-,23-/m0/s1. The molecule has 3 saturated heterocycles. The Morgan fingerprint density at radius 1 is 1.16 bits per heavy atom. The predicted molar refractivity (Wildman–Crippen MR) is 136 cm³/mol. The number of likely N-dealkylation sites (tertiary alicyclic amines) is 3. The van der Waals surface area contributed by atoms with Gasteiger partial charge >= 0.3 is 6.09 Å². The van der Waals surface area contributed by atoms with E-state index in [1.165, 1.54) is 12.1 Å². The molecule has 3 heterocycles. The van der Waals surface area contributed by atoms with Gasteiger partial charge in [-0.1, -0.05) is 12.1 Å². The summed E-state index contributed by atoms with van der Waals surface area (Å²) in [5.74, 6) is -0.326. The third-order valence-corrected chi connectivity index (χ3v) is 8.34. The van der Waals surface area contributed by atoms with Gasteiger partial charge in [0.25, 0.3) is 0 Å². The summed E-state index contributed by atoms with van der Waals surface area (Å²) in [6.07, 6.45) is 1.45.